The highest BCUT2D eigenvalue weighted by Crippen LogP contribution is 2.32. The summed E-state index contributed by atoms with van der Waals surface area (Å²) in [6.07, 6.45) is -3.00. The van der Waals surface area contributed by atoms with Gasteiger partial charge in [0.05, 0.1) is 0 Å². The number of halogens is 4. The second kappa shape index (κ2) is 7.51. The summed E-state index contributed by atoms with van der Waals surface area (Å²) in [6.45, 7) is 5.71. The molecule has 6 heteroatoms. The molecule has 0 bridgehead atoms. The first kappa shape index (κ1) is 17.1. The number of benzene rings is 1. The normalized spacial score (nSPS) is 12.4. The zero-order valence-electron chi connectivity index (χ0n) is 10.6. The molecule has 0 amide bonds. The highest BCUT2D eigenvalue weighted by atomic mass is 32.2. The van der Waals surface area contributed by atoms with E-state index in [9.17, 15) is 17.6 Å². The van der Waals surface area contributed by atoms with Crippen LogP contribution in [-0.2, 0) is 0 Å². The number of thioether (sulfide) groups is 1. The van der Waals surface area contributed by atoms with Gasteiger partial charge in [-0.3, -0.25) is 0 Å². The lowest BCUT2D eigenvalue weighted by Crippen LogP contribution is -2.17. The number of rotatable bonds is 3. The van der Waals surface area contributed by atoms with E-state index in [1.165, 1.54) is 11.8 Å². The maximum absolute atomic E-state index is 13.3. The minimum atomic E-state index is -4.75. The van der Waals surface area contributed by atoms with Crippen LogP contribution in [0.1, 0.15) is 31.6 Å². The summed E-state index contributed by atoms with van der Waals surface area (Å²) in [5, 5.41) is -0.225. The summed E-state index contributed by atoms with van der Waals surface area (Å²) in [7, 11) is 0. The Labute approximate surface area is 109 Å². The zero-order valence-corrected chi connectivity index (χ0v) is 11.5. The van der Waals surface area contributed by atoms with Crippen molar-refractivity contribution in [1.82, 2.24) is 0 Å². The van der Waals surface area contributed by atoms with Crippen molar-refractivity contribution in [1.29, 1.82) is 0 Å². The third-order valence-electron chi connectivity index (χ3n) is 1.99. The molecule has 0 saturated heterocycles. The first-order valence-corrected chi connectivity index (χ1v) is 6.70. The molecule has 1 aromatic carbocycles. The molecule has 0 N–H and O–H groups in total. The van der Waals surface area contributed by atoms with Crippen LogP contribution in [0.15, 0.2) is 18.2 Å². The van der Waals surface area contributed by atoms with Crippen LogP contribution in [0.25, 0.3) is 0 Å². The zero-order chi connectivity index (χ0) is 14.3. The smallest absolute Gasteiger partial charge is 0.406 e. The number of hydrogen-bond acceptors (Lipinski definition) is 2. The van der Waals surface area contributed by atoms with Gasteiger partial charge < -0.3 is 4.74 Å². The Hall–Kier alpha value is -0.910. The summed E-state index contributed by atoms with van der Waals surface area (Å²) >= 11 is 1.34. The van der Waals surface area contributed by atoms with Gasteiger partial charge in [-0.05, 0) is 31.4 Å². The largest absolute Gasteiger partial charge is 0.573 e. The van der Waals surface area contributed by atoms with E-state index in [1.807, 2.05) is 13.8 Å². The molecule has 104 valence electrons. The Bertz CT molecular complexity index is 366. The topological polar surface area (TPSA) is 9.23 Å². The fraction of sp³-hybridized carbons (Fsp3) is 0.500. The number of alkyl halides is 3. The summed E-state index contributed by atoms with van der Waals surface area (Å²) in [5.41, 5.74) is 0.203. The molecular formula is C12H16F4OS. The van der Waals surface area contributed by atoms with Gasteiger partial charge in [0.2, 0.25) is 0 Å². The average Bonchev–Trinajstić information content (AvgIpc) is 2.31. The molecule has 0 fully saturated rings. The van der Waals surface area contributed by atoms with Crippen molar-refractivity contribution in [2.75, 3.05) is 6.26 Å². The maximum atomic E-state index is 13.3. The standard InChI is InChI=1S/C10H10F4OS.C2H6/c1-6(16-2)8-5-7(3-4-9(8)11)15-10(12,13)14;1-2/h3-6H,1-2H3;1-2H3/t6-;/m1./s1. The van der Waals surface area contributed by atoms with Gasteiger partial charge in [0, 0.05) is 10.8 Å². The van der Waals surface area contributed by atoms with Crippen LogP contribution < -0.4 is 4.74 Å². The molecule has 0 spiro atoms. The molecule has 18 heavy (non-hydrogen) atoms. The first-order chi connectivity index (χ1) is 8.33. The third-order valence-corrected chi connectivity index (χ3v) is 2.95. The summed E-state index contributed by atoms with van der Waals surface area (Å²) in [4.78, 5) is 0. The van der Waals surface area contributed by atoms with E-state index >= 15 is 0 Å². The molecule has 0 aliphatic carbocycles. The second-order valence-electron chi connectivity index (χ2n) is 3.11. The minimum Gasteiger partial charge on any atom is -0.406 e. The van der Waals surface area contributed by atoms with Gasteiger partial charge >= 0.3 is 6.36 Å². The number of hydrogen-bond donors (Lipinski definition) is 0. The minimum absolute atomic E-state index is 0.203. The van der Waals surface area contributed by atoms with Gasteiger partial charge in [0.25, 0.3) is 0 Å². The van der Waals surface area contributed by atoms with Crippen molar-refractivity contribution in [3.8, 4) is 5.75 Å². The lowest BCUT2D eigenvalue weighted by Gasteiger charge is -2.13. The van der Waals surface area contributed by atoms with E-state index < -0.39 is 17.9 Å². The predicted octanol–water partition coefficient (Wildman–Crippen LogP) is 5.17. The Morgan fingerprint density at radius 1 is 1.22 bits per heavy atom. The Morgan fingerprint density at radius 2 is 1.78 bits per heavy atom. The molecule has 1 atom stereocenters. The lowest BCUT2D eigenvalue weighted by molar-refractivity contribution is -0.274. The molecule has 0 unspecified atom stereocenters. The maximum Gasteiger partial charge on any atom is 0.573 e. The fourth-order valence-corrected chi connectivity index (χ4v) is 1.59. The van der Waals surface area contributed by atoms with Gasteiger partial charge in [0.1, 0.15) is 11.6 Å². The molecule has 1 rings (SSSR count). The van der Waals surface area contributed by atoms with Crippen LogP contribution in [0.5, 0.6) is 5.75 Å². The highest BCUT2D eigenvalue weighted by molar-refractivity contribution is 7.98. The second-order valence-corrected chi connectivity index (χ2v) is 4.29. The van der Waals surface area contributed by atoms with E-state index in [-0.39, 0.29) is 10.8 Å². The molecule has 0 radical (unpaired) electrons. The number of ether oxygens (including phenoxy) is 1. The van der Waals surface area contributed by atoms with Crippen LogP contribution in [0.3, 0.4) is 0 Å². The molecule has 0 aromatic heterocycles. The van der Waals surface area contributed by atoms with E-state index in [0.717, 1.165) is 18.2 Å². The highest BCUT2D eigenvalue weighted by Gasteiger charge is 2.31. The Balaban J connectivity index is 0.00000137. The van der Waals surface area contributed by atoms with Crippen molar-refractivity contribution in [3.05, 3.63) is 29.6 Å². The van der Waals surface area contributed by atoms with E-state index in [0.29, 0.717) is 0 Å². The SMILES string of the molecule is CC.CS[C@H](C)c1cc(OC(F)(F)F)ccc1F. The lowest BCUT2D eigenvalue weighted by atomic mass is 10.1. The van der Waals surface area contributed by atoms with E-state index in [4.69, 9.17) is 0 Å². The summed E-state index contributed by atoms with van der Waals surface area (Å²) < 4.78 is 52.8. The van der Waals surface area contributed by atoms with E-state index in [1.54, 1.807) is 13.2 Å². The van der Waals surface area contributed by atoms with Gasteiger partial charge in [0.15, 0.2) is 0 Å². The average molecular weight is 284 g/mol. The monoisotopic (exact) mass is 284 g/mol. The summed E-state index contributed by atoms with van der Waals surface area (Å²) in [5.74, 6) is -0.929. The van der Waals surface area contributed by atoms with Gasteiger partial charge in [-0.2, -0.15) is 11.8 Å². The van der Waals surface area contributed by atoms with Gasteiger partial charge in [-0.15, -0.1) is 13.2 Å². The van der Waals surface area contributed by atoms with Crippen LogP contribution in [0.4, 0.5) is 17.6 Å². The van der Waals surface area contributed by atoms with Gasteiger partial charge in [-0.25, -0.2) is 4.39 Å². The molecular weight excluding hydrogens is 268 g/mol. The fourth-order valence-electron chi connectivity index (χ4n) is 1.16. The summed E-state index contributed by atoms with van der Waals surface area (Å²) in [6, 6.07) is 3.01. The molecule has 1 aromatic rings. The van der Waals surface area contributed by atoms with Crippen LogP contribution in [0, 0.1) is 5.82 Å². The molecule has 0 aliphatic rings. The van der Waals surface area contributed by atoms with Crippen LogP contribution in [-0.4, -0.2) is 12.6 Å². The van der Waals surface area contributed by atoms with Crippen molar-refractivity contribution in [2.24, 2.45) is 0 Å². The quantitative estimate of drug-likeness (QED) is 0.708. The van der Waals surface area contributed by atoms with E-state index in [2.05, 4.69) is 4.74 Å². The molecule has 0 heterocycles. The predicted molar refractivity (Wildman–Crippen MR) is 66.4 cm³/mol. The molecule has 0 aliphatic heterocycles. The van der Waals surface area contributed by atoms with Crippen molar-refractivity contribution in [3.63, 3.8) is 0 Å². The van der Waals surface area contributed by atoms with Gasteiger partial charge in [-0.1, -0.05) is 13.8 Å². The van der Waals surface area contributed by atoms with Crippen molar-refractivity contribution in [2.45, 2.75) is 32.4 Å². The first-order valence-electron chi connectivity index (χ1n) is 5.41. The Morgan fingerprint density at radius 3 is 2.22 bits per heavy atom. The molecule has 0 saturated carbocycles. The molecule has 1 nitrogen and oxygen atoms in total. The van der Waals surface area contributed by atoms with Crippen molar-refractivity contribution >= 4 is 11.8 Å². The van der Waals surface area contributed by atoms with Crippen LogP contribution in [0.2, 0.25) is 0 Å². The Kier molecular flexibility index (Phi) is 7.13. The van der Waals surface area contributed by atoms with Crippen LogP contribution >= 0.6 is 11.8 Å². The third kappa shape index (κ3) is 5.62. The van der Waals surface area contributed by atoms with Crippen molar-refractivity contribution < 1.29 is 22.3 Å².